The number of halogens is 1. The summed E-state index contributed by atoms with van der Waals surface area (Å²) in [4.78, 5) is 0. The molecule has 1 aliphatic rings. The van der Waals surface area contributed by atoms with E-state index in [0.29, 0.717) is 6.61 Å². The van der Waals surface area contributed by atoms with Gasteiger partial charge in [-0.1, -0.05) is 20.7 Å². The number of allylic oxidation sites excluding steroid dienone is 2. The Bertz CT molecular complexity index is 277. The molecule has 1 aliphatic heterocycles. The van der Waals surface area contributed by atoms with Crippen LogP contribution in [0.4, 0.5) is 0 Å². The van der Waals surface area contributed by atoms with E-state index in [9.17, 15) is 5.11 Å². The van der Waals surface area contributed by atoms with Crippen LogP contribution in [-0.2, 0) is 4.74 Å². The Morgan fingerprint density at radius 1 is 1.46 bits per heavy atom. The van der Waals surface area contributed by atoms with Gasteiger partial charge in [0, 0.05) is 10.6 Å². The van der Waals surface area contributed by atoms with Gasteiger partial charge in [0.15, 0.2) is 0 Å². The second-order valence-electron chi connectivity index (χ2n) is 3.08. The summed E-state index contributed by atoms with van der Waals surface area (Å²) in [7, 11) is 1.61. The zero-order valence-corrected chi connectivity index (χ0v) is 10.3. The number of hydrogen-bond donors (Lipinski definition) is 1. The Labute approximate surface area is 89.0 Å². The van der Waals surface area contributed by atoms with Gasteiger partial charge >= 0.3 is 0 Å². The van der Waals surface area contributed by atoms with Gasteiger partial charge in [-0.05, 0) is 35.2 Å². The fourth-order valence-electron chi connectivity index (χ4n) is 0.989. The molecule has 1 N–H and O–H groups in total. The van der Waals surface area contributed by atoms with Crippen molar-refractivity contribution in [1.29, 1.82) is 0 Å². The van der Waals surface area contributed by atoms with E-state index >= 15 is 0 Å². The van der Waals surface area contributed by atoms with Crippen LogP contribution in [0.25, 0.3) is 0 Å². The second-order valence-corrected chi connectivity index (χ2v) is 5.58. The molecule has 0 aromatic carbocycles. The van der Waals surface area contributed by atoms with Gasteiger partial charge in [-0.25, -0.2) is 0 Å². The number of methoxy groups -OCH3 is 1. The third-order valence-electron chi connectivity index (χ3n) is 1.96. The first kappa shape index (κ1) is 11.1. The Morgan fingerprint density at radius 3 is 2.69 bits per heavy atom. The van der Waals surface area contributed by atoms with Gasteiger partial charge in [-0.2, -0.15) is 0 Å². The molecule has 0 spiro atoms. The highest BCUT2D eigenvalue weighted by molar-refractivity contribution is 14.2. The minimum absolute atomic E-state index is 0.123. The lowest BCUT2D eigenvalue weighted by atomic mass is 10.1. The standard InChI is InChI=1S/C10H15IO2/c1-7-4-9(10(12)6-13-3)11-5-8(7)2/h4-5,10,12H,6H2,1-3H3. The molecule has 1 rings (SSSR count). The van der Waals surface area contributed by atoms with Crippen LogP contribution >= 0.6 is 20.7 Å². The Hall–Kier alpha value is 0. The maximum atomic E-state index is 9.67. The molecule has 0 aliphatic carbocycles. The van der Waals surface area contributed by atoms with Crippen molar-refractivity contribution in [2.45, 2.75) is 20.0 Å². The first-order valence-electron chi connectivity index (χ1n) is 4.18. The Balaban J connectivity index is 2.74. The average Bonchev–Trinajstić information content (AvgIpc) is 2.10. The van der Waals surface area contributed by atoms with Crippen molar-refractivity contribution >= 4 is 24.2 Å². The number of hydrogen-bond acceptors (Lipinski definition) is 2. The summed E-state index contributed by atoms with van der Waals surface area (Å²) in [5, 5.41) is 9.67. The normalized spacial score (nSPS) is 19.5. The molecular weight excluding hydrogens is 279 g/mol. The third kappa shape index (κ3) is 3.00. The largest absolute Gasteiger partial charge is 0.386 e. The molecule has 1 atom stereocenters. The molecule has 74 valence electrons. The van der Waals surface area contributed by atoms with Gasteiger partial charge in [0.05, 0.1) is 6.61 Å². The lowest BCUT2D eigenvalue weighted by molar-refractivity contribution is 0.106. The molecule has 13 heavy (non-hydrogen) atoms. The van der Waals surface area contributed by atoms with Crippen molar-refractivity contribution in [2.75, 3.05) is 13.7 Å². The van der Waals surface area contributed by atoms with Crippen LogP contribution in [0.3, 0.4) is 0 Å². The molecule has 0 amide bonds. The molecule has 0 saturated carbocycles. The van der Waals surface area contributed by atoms with Gasteiger partial charge in [-0.3, -0.25) is 0 Å². The maximum absolute atomic E-state index is 9.67. The molecule has 2 nitrogen and oxygen atoms in total. The van der Waals surface area contributed by atoms with Gasteiger partial charge in [0.25, 0.3) is 0 Å². The van der Waals surface area contributed by atoms with Crippen molar-refractivity contribution in [3.8, 4) is 0 Å². The highest BCUT2D eigenvalue weighted by Gasteiger charge is 2.11. The smallest absolute Gasteiger partial charge is 0.108 e. The van der Waals surface area contributed by atoms with Crippen molar-refractivity contribution in [2.24, 2.45) is 0 Å². The van der Waals surface area contributed by atoms with Crippen molar-refractivity contribution in [3.63, 3.8) is 0 Å². The predicted molar refractivity (Wildman–Crippen MR) is 64.4 cm³/mol. The molecule has 0 saturated heterocycles. The van der Waals surface area contributed by atoms with E-state index in [-0.39, 0.29) is 20.7 Å². The number of ether oxygens (including phenoxy) is 1. The van der Waals surface area contributed by atoms with Crippen LogP contribution in [0.1, 0.15) is 13.8 Å². The monoisotopic (exact) mass is 294 g/mol. The van der Waals surface area contributed by atoms with Gasteiger partial charge in [0.2, 0.25) is 0 Å². The third-order valence-corrected chi connectivity index (χ3v) is 4.96. The first-order valence-corrected chi connectivity index (χ1v) is 6.50. The molecular formula is C10H15IO2. The van der Waals surface area contributed by atoms with Crippen molar-refractivity contribution in [1.82, 2.24) is 0 Å². The summed E-state index contributed by atoms with van der Waals surface area (Å²) in [6.45, 7) is 4.60. The zero-order chi connectivity index (χ0) is 9.84. The summed E-state index contributed by atoms with van der Waals surface area (Å²) < 4.78 is 8.32. The molecule has 0 fully saturated rings. The fourth-order valence-corrected chi connectivity index (χ4v) is 3.55. The molecule has 0 aromatic rings. The number of aliphatic hydroxyl groups excluding tert-OH is 1. The number of rotatable bonds is 3. The van der Waals surface area contributed by atoms with Crippen LogP contribution in [0.2, 0.25) is 0 Å². The zero-order valence-electron chi connectivity index (χ0n) is 8.17. The molecule has 1 unspecified atom stereocenters. The van der Waals surface area contributed by atoms with E-state index < -0.39 is 6.10 Å². The van der Waals surface area contributed by atoms with E-state index in [2.05, 4.69) is 24.0 Å². The molecule has 3 heteroatoms. The van der Waals surface area contributed by atoms with E-state index in [0.717, 1.165) is 3.51 Å². The van der Waals surface area contributed by atoms with Crippen molar-refractivity contribution in [3.05, 3.63) is 21.3 Å². The van der Waals surface area contributed by atoms with Crippen LogP contribution in [0, 0.1) is 0 Å². The quantitative estimate of drug-likeness (QED) is 0.807. The van der Waals surface area contributed by atoms with E-state index in [1.165, 1.54) is 11.1 Å². The minimum atomic E-state index is -0.405. The predicted octanol–water partition coefficient (Wildman–Crippen LogP) is 2.00. The lowest BCUT2D eigenvalue weighted by Gasteiger charge is -2.14. The van der Waals surface area contributed by atoms with Crippen molar-refractivity contribution < 1.29 is 9.84 Å². The number of aliphatic hydroxyl groups is 1. The summed E-state index contributed by atoms with van der Waals surface area (Å²) in [5.74, 6) is 0. The highest BCUT2D eigenvalue weighted by atomic mass is 127. The molecule has 1 heterocycles. The van der Waals surface area contributed by atoms with E-state index in [1.807, 2.05) is 0 Å². The Morgan fingerprint density at radius 2 is 2.15 bits per heavy atom. The average molecular weight is 294 g/mol. The topological polar surface area (TPSA) is 29.5 Å². The molecule has 0 bridgehead atoms. The summed E-state index contributed by atoms with van der Waals surface area (Å²) >= 11 is -0.123. The van der Waals surface area contributed by atoms with Crippen LogP contribution in [0.5, 0.6) is 0 Å². The Kier molecular flexibility index (Phi) is 4.28. The summed E-state index contributed by atoms with van der Waals surface area (Å²) in [5.41, 5.74) is 2.61. The molecule has 0 aromatic heterocycles. The first-order chi connectivity index (χ1) is 6.15. The summed E-state index contributed by atoms with van der Waals surface area (Å²) in [6, 6.07) is 0. The van der Waals surface area contributed by atoms with E-state index in [4.69, 9.17) is 4.74 Å². The van der Waals surface area contributed by atoms with E-state index in [1.54, 1.807) is 7.11 Å². The maximum Gasteiger partial charge on any atom is 0.108 e. The van der Waals surface area contributed by atoms with Crippen LogP contribution < -0.4 is 0 Å². The van der Waals surface area contributed by atoms with Gasteiger partial charge < -0.3 is 9.84 Å². The minimum Gasteiger partial charge on any atom is -0.386 e. The van der Waals surface area contributed by atoms with Crippen LogP contribution in [-0.4, -0.2) is 28.4 Å². The molecule has 0 radical (unpaired) electrons. The van der Waals surface area contributed by atoms with Crippen LogP contribution in [0.15, 0.2) is 21.3 Å². The highest BCUT2D eigenvalue weighted by Crippen LogP contribution is 2.22. The second kappa shape index (κ2) is 5.02. The summed E-state index contributed by atoms with van der Waals surface area (Å²) in [6.07, 6.45) is 1.70. The SMILES string of the molecule is COCC(O)C1=IC=C(C)C(C)=C1. The lowest BCUT2D eigenvalue weighted by Crippen LogP contribution is -2.23. The fraction of sp³-hybridized carbons (Fsp3) is 0.500. The van der Waals surface area contributed by atoms with Gasteiger partial charge in [-0.15, -0.1) is 0 Å². The van der Waals surface area contributed by atoms with Gasteiger partial charge in [0.1, 0.15) is 6.10 Å².